The second-order valence-electron chi connectivity index (χ2n) is 4.81. The van der Waals surface area contributed by atoms with E-state index in [0.29, 0.717) is 17.1 Å². The monoisotopic (exact) mass is 247 g/mol. The topological polar surface area (TPSA) is 54.7 Å². The number of halogens is 1. The SMILES string of the molecule is CCC(C)(N)c1nc(-c2ccccc2F)c(C)[nH]1. The predicted molar refractivity (Wildman–Crippen MR) is 70.5 cm³/mol. The van der Waals surface area contributed by atoms with Gasteiger partial charge in [0.25, 0.3) is 0 Å². The summed E-state index contributed by atoms with van der Waals surface area (Å²) in [6.45, 7) is 5.79. The summed E-state index contributed by atoms with van der Waals surface area (Å²) in [4.78, 5) is 7.62. The Hall–Kier alpha value is -1.68. The fourth-order valence-electron chi connectivity index (χ4n) is 1.81. The summed E-state index contributed by atoms with van der Waals surface area (Å²) >= 11 is 0. The molecule has 1 atom stereocenters. The molecule has 4 heteroatoms. The first-order chi connectivity index (χ1) is 8.45. The molecule has 0 amide bonds. The van der Waals surface area contributed by atoms with Crippen molar-refractivity contribution >= 4 is 0 Å². The van der Waals surface area contributed by atoms with Crippen molar-refractivity contribution in [2.45, 2.75) is 32.7 Å². The molecule has 96 valence electrons. The Kier molecular flexibility index (Phi) is 3.22. The maximum absolute atomic E-state index is 13.8. The molecule has 0 aliphatic carbocycles. The third kappa shape index (κ3) is 2.16. The molecule has 0 radical (unpaired) electrons. The van der Waals surface area contributed by atoms with Crippen molar-refractivity contribution in [2.75, 3.05) is 0 Å². The summed E-state index contributed by atoms with van der Waals surface area (Å²) in [7, 11) is 0. The third-order valence-corrected chi connectivity index (χ3v) is 3.29. The molecule has 2 rings (SSSR count). The minimum Gasteiger partial charge on any atom is -0.344 e. The van der Waals surface area contributed by atoms with Crippen LogP contribution in [0.2, 0.25) is 0 Å². The van der Waals surface area contributed by atoms with Gasteiger partial charge in [-0.15, -0.1) is 0 Å². The molecule has 3 nitrogen and oxygen atoms in total. The number of imidazole rings is 1. The van der Waals surface area contributed by atoms with Crippen molar-refractivity contribution in [3.63, 3.8) is 0 Å². The van der Waals surface area contributed by atoms with Crippen LogP contribution in [-0.4, -0.2) is 9.97 Å². The van der Waals surface area contributed by atoms with Crippen molar-refractivity contribution in [1.29, 1.82) is 0 Å². The summed E-state index contributed by atoms with van der Waals surface area (Å²) in [5, 5.41) is 0. The van der Waals surface area contributed by atoms with Crippen molar-refractivity contribution in [1.82, 2.24) is 9.97 Å². The smallest absolute Gasteiger partial charge is 0.132 e. The largest absolute Gasteiger partial charge is 0.344 e. The summed E-state index contributed by atoms with van der Waals surface area (Å²) in [5.74, 6) is 0.426. The van der Waals surface area contributed by atoms with Gasteiger partial charge in [-0.2, -0.15) is 0 Å². The zero-order valence-corrected chi connectivity index (χ0v) is 10.9. The Morgan fingerprint density at radius 3 is 2.67 bits per heavy atom. The minimum absolute atomic E-state index is 0.270. The zero-order valence-electron chi connectivity index (χ0n) is 10.9. The van der Waals surface area contributed by atoms with Gasteiger partial charge in [-0.1, -0.05) is 19.1 Å². The molecule has 1 heterocycles. The van der Waals surface area contributed by atoms with E-state index in [4.69, 9.17) is 5.73 Å². The first-order valence-electron chi connectivity index (χ1n) is 6.06. The Morgan fingerprint density at radius 1 is 1.39 bits per heavy atom. The number of H-pyrrole nitrogens is 1. The third-order valence-electron chi connectivity index (χ3n) is 3.29. The number of hydrogen-bond donors (Lipinski definition) is 2. The van der Waals surface area contributed by atoms with Crippen molar-refractivity contribution in [3.8, 4) is 11.3 Å². The van der Waals surface area contributed by atoms with Crippen molar-refractivity contribution in [3.05, 3.63) is 41.6 Å². The van der Waals surface area contributed by atoms with E-state index in [2.05, 4.69) is 9.97 Å². The standard InChI is InChI=1S/C14H18FN3/c1-4-14(3,16)13-17-9(2)12(18-13)10-7-5-6-8-11(10)15/h5-8H,4,16H2,1-3H3,(H,17,18). The van der Waals surface area contributed by atoms with E-state index >= 15 is 0 Å². The van der Waals surface area contributed by atoms with Gasteiger partial charge in [-0.25, -0.2) is 9.37 Å². The maximum Gasteiger partial charge on any atom is 0.132 e. The fraction of sp³-hybridized carbons (Fsp3) is 0.357. The van der Waals surface area contributed by atoms with Crippen LogP contribution in [0.15, 0.2) is 24.3 Å². The second-order valence-corrected chi connectivity index (χ2v) is 4.81. The van der Waals surface area contributed by atoms with Crippen LogP contribution in [0, 0.1) is 12.7 Å². The Bertz CT molecular complexity index is 558. The zero-order chi connectivity index (χ0) is 13.3. The number of nitrogens with two attached hydrogens (primary N) is 1. The van der Waals surface area contributed by atoms with Crippen molar-refractivity contribution in [2.24, 2.45) is 5.73 Å². The molecule has 0 saturated heterocycles. The van der Waals surface area contributed by atoms with Crippen LogP contribution in [0.5, 0.6) is 0 Å². The molecular formula is C14H18FN3. The van der Waals surface area contributed by atoms with Crippen LogP contribution < -0.4 is 5.73 Å². The Labute approximate surface area is 106 Å². The van der Waals surface area contributed by atoms with Crippen LogP contribution in [0.4, 0.5) is 4.39 Å². The molecule has 1 aromatic carbocycles. The van der Waals surface area contributed by atoms with Crippen LogP contribution >= 0.6 is 0 Å². The van der Waals surface area contributed by atoms with E-state index in [9.17, 15) is 4.39 Å². The van der Waals surface area contributed by atoms with Gasteiger partial charge in [0.05, 0.1) is 11.2 Å². The van der Waals surface area contributed by atoms with Gasteiger partial charge in [0.2, 0.25) is 0 Å². The van der Waals surface area contributed by atoms with Gasteiger partial charge in [-0.05, 0) is 32.4 Å². The molecule has 0 spiro atoms. The summed E-state index contributed by atoms with van der Waals surface area (Å²) < 4.78 is 13.8. The van der Waals surface area contributed by atoms with Crippen LogP contribution in [0.25, 0.3) is 11.3 Å². The number of hydrogen-bond acceptors (Lipinski definition) is 2. The molecule has 0 fully saturated rings. The Morgan fingerprint density at radius 2 is 2.06 bits per heavy atom. The van der Waals surface area contributed by atoms with Crippen LogP contribution in [0.3, 0.4) is 0 Å². The molecule has 2 aromatic rings. The number of aromatic nitrogens is 2. The average Bonchev–Trinajstić information content (AvgIpc) is 2.73. The van der Waals surface area contributed by atoms with Gasteiger partial charge >= 0.3 is 0 Å². The average molecular weight is 247 g/mol. The molecule has 3 N–H and O–H groups in total. The number of benzene rings is 1. The normalized spacial score (nSPS) is 14.5. The second kappa shape index (κ2) is 4.53. The lowest BCUT2D eigenvalue weighted by Gasteiger charge is -2.19. The first kappa shape index (κ1) is 12.8. The fourth-order valence-corrected chi connectivity index (χ4v) is 1.81. The van der Waals surface area contributed by atoms with Gasteiger partial charge in [0, 0.05) is 11.3 Å². The summed E-state index contributed by atoms with van der Waals surface area (Å²) in [6, 6.07) is 6.63. The quantitative estimate of drug-likeness (QED) is 0.875. The highest BCUT2D eigenvalue weighted by atomic mass is 19.1. The van der Waals surface area contributed by atoms with E-state index < -0.39 is 5.54 Å². The number of aryl methyl sites for hydroxylation is 1. The van der Waals surface area contributed by atoms with E-state index in [-0.39, 0.29) is 5.82 Å². The highest BCUT2D eigenvalue weighted by molar-refractivity contribution is 5.62. The summed E-state index contributed by atoms with van der Waals surface area (Å²) in [6.07, 6.45) is 0.761. The molecule has 0 aliphatic rings. The molecule has 0 aliphatic heterocycles. The van der Waals surface area contributed by atoms with Gasteiger partial charge in [0.15, 0.2) is 0 Å². The number of rotatable bonds is 3. The van der Waals surface area contributed by atoms with E-state index in [1.54, 1.807) is 18.2 Å². The summed E-state index contributed by atoms with van der Waals surface area (Å²) in [5.41, 5.74) is 7.60. The molecular weight excluding hydrogens is 229 g/mol. The highest BCUT2D eigenvalue weighted by Gasteiger charge is 2.24. The van der Waals surface area contributed by atoms with E-state index in [1.807, 2.05) is 20.8 Å². The van der Waals surface area contributed by atoms with Gasteiger partial charge in [-0.3, -0.25) is 0 Å². The molecule has 18 heavy (non-hydrogen) atoms. The molecule has 1 unspecified atom stereocenters. The lowest BCUT2D eigenvalue weighted by Crippen LogP contribution is -2.33. The first-order valence-corrected chi connectivity index (χ1v) is 6.06. The Balaban J connectivity index is 2.52. The van der Waals surface area contributed by atoms with Crippen LogP contribution in [0.1, 0.15) is 31.8 Å². The lowest BCUT2D eigenvalue weighted by molar-refractivity contribution is 0.449. The number of aromatic amines is 1. The van der Waals surface area contributed by atoms with Gasteiger partial charge in [0.1, 0.15) is 11.6 Å². The maximum atomic E-state index is 13.8. The van der Waals surface area contributed by atoms with E-state index in [1.165, 1.54) is 6.07 Å². The number of nitrogens with zero attached hydrogens (tertiary/aromatic N) is 1. The predicted octanol–water partition coefficient (Wildman–Crippen LogP) is 3.11. The minimum atomic E-state index is -0.520. The van der Waals surface area contributed by atoms with E-state index in [0.717, 1.165) is 12.1 Å². The lowest BCUT2D eigenvalue weighted by atomic mass is 10.00. The van der Waals surface area contributed by atoms with Crippen molar-refractivity contribution < 1.29 is 4.39 Å². The molecule has 0 saturated carbocycles. The molecule has 1 aromatic heterocycles. The molecule has 0 bridgehead atoms. The highest BCUT2D eigenvalue weighted by Crippen LogP contribution is 2.27. The van der Waals surface area contributed by atoms with Gasteiger partial charge < -0.3 is 10.7 Å². The number of nitrogens with one attached hydrogen (secondary N) is 1. The van der Waals surface area contributed by atoms with Crippen LogP contribution in [-0.2, 0) is 5.54 Å².